The Bertz CT molecular complexity index is 559. The van der Waals surface area contributed by atoms with E-state index in [9.17, 15) is 4.79 Å². The topological polar surface area (TPSA) is 39.0 Å². The third-order valence-corrected chi connectivity index (χ3v) is 3.36. The number of carbonyl (C=O) groups is 1. The van der Waals surface area contributed by atoms with Gasteiger partial charge in [-0.1, -0.05) is 60.2 Å². The van der Waals surface area contributed by atoms with Crippen LogP contribution in [-0.2, 0) is 0 Å². The van der Waals surface area contributed by atoms with Gasteiger partial charge in [0.2, 0.25) is 0 Å². The van der Waals surface area contributed by atoms with E-state index in [1.165, 1.54) is 11.1 Å². The first-order valence-electron chi connectivity index (χ1n) is 6.17. The summed E-state index contributed by atoms with van der Waals surface area (Å²) in [5.74, 6) is 0.184. The number of hydrogen-bond donors (Lipinski definition) is 1. The normalized spacial score (nSPS) is 21.6. The molecule has 0 unspecified atom stereocenters. The predicted molar refractivity (Wildman–Crippen MR) is 71.6 cm³/mol. The Hall–Kier alpha value is -1.93. The van der Waals surface area contributed by atoms with E-state index < -0.39 is 0 Å². The molecule has 2 nitrogen and oxygen atoms in total. The molecule has 2 atom stereocenters. The van der Waals surface area contributed by atoms with Crippen LogP contribution in [0.15, 0.2) is 54.6 Å². The largest absolute Gasteiger partial charge is 0.297 e. The standard InChI is InChI=1S/C16H15NO/c1-11-7-9-13(10-8-11)16(18)15-14(17-15)12-5-3-2-4-6-12/h2-10,14-15,17H,1H3/t14-,15+/m0/s1. The van der Waals surface area contributed by atoms with Crippen molar-refractivity contribution in [2.45, 2.75) is 19.0 Å². The van der Waals surface area contributed by atoms with Gasteiger partial charge in [0.05, 0.1) is 12.1 Å². The maximum atomic E-state index is 12.2. The summed E-state index contributed by atoms with van der Waals surface area (Å²) >= 11 is 0. The van der Waals surface area contributed by atoms with Crippen LogP contribution in [0.5, 0.6) is 0 Å². The van der Waals surface area contributed by atoms with Crippen molar-refractivity contribution in [1.82, 2.24) is 5.32 Å². The van der Waals surface area contributed by atoms with E-state index in [2.05, 4.69) is 17.4 Å². The molecule has 3 rings (SSSR count). The van der Waals surface area contributed by atoms with Gasteiger partial charge < -0.3 is 0 Å². The van der Waals surface area contributed by atoms with Gasteiger partial charge in [0, 0.05) is 5.56 Å². The molecule has 0 spiro atoms. The molecule has 2 heteroatoms. The smallest absolute Gasteiger partial charge is 0.181 e. The maximum absolute atomic E-state index is 12.2. The summed E-state index contributed by atoms with van der Waals surface area (Å²) in [6.07, 6.45) is 0. The number of aryl methyl sites for hydroxylation is 1. The second-order valence-electron chi connectivity index (χ2n) is 4.76. The molecule has 0 radical (unpaired) electrons. The zero-order valence-corrected chi connectivity index (χ0v) is 10.3. The Kier molecular flexibility index (Phi) is 2.73. The van der Waals surface area contributed by atoms with Crippen molar-refractivity contribution >= 4 is 5.78 Å². The van der Waals surface area contributed by atoms with Crippen molar-refractivity contribution in [1.29, 1.82) is 0 Å². The quantitative estimate of drug-likeness (QED) is 0.658. The summed E-state index contributed by atoms with van der Waals surface area (Å²) in [7, 11) is 0. The fourth-order valence-electron chi connectivity index (χ4n) is 2.21. The third kappa shape index (κ3) is 2.07. The number of ketones is 1. The van der Waals surface area contributed by atoms with Crippen LogP contribution in [0.25, 0.3) is 0 Å². The minimum atomic E-state index is -0.0601. The molecule has 18 heavy (non-hydrogen) atoms. The Morgan fingerprint density at radius 2 is 1.67 bits per heavy atom. The number of hydrogen-bond acceptors (Lipinski definition) is 2. The van der Waals surface area contributed by atoms with Gasteiger partial charge in [-0.25, -0.2) is 0 Å². The van der Waals surface area contributed by atoms with E-state index in [1.807, 2.05) is 49.4 Å². The van der Waals surface area contributed by atoms with Gasteiger partial charge in [-0.15, -0.1) is 0 Å². The van der Waals surface area contributed by atoms with Crippen molar-refractivity contribution in [2.24, 2.45) is 0 Å². The molecule has 1 aliphatic rings. The lowest BCUT2D eigenvalue weighted by atomic mass is 10.0. The molecule has 2 aromatic carbocycles. The maximum Gasteiger partial charge on any atom is 0.181 e. The van der Waals surface area contributed by atoms with Crippen molar-refractivity contribution in [2.75, 3.05) is 0 Å². The first kappa shape index (κ1) is 11.2. The van der Waals surface area contributed by atoms with E-state index in [0.717, 1.165) is 5.56 Å². The fourth-order valence-corrected chi connectivity index (χ4v) is 2.21. The minimum absolute atomic E-state index is 0.0601. The molecule has 1 saturated heterocycles. The lowest BCUT2D eigenvalue weighted by molar-refractivity contribution is 0.0988. The highest BCUT2D eigenvalue weighted by Gasteiger charge is 2.43. The molecule has 2 aromatic rings. The molecule has 1 N–H and O–H groups in total. The molecule has 90 valence electrons. The van der Waals surface area contributed by atoms with Crippen LogP contribution in [0, 0.1) is 6.92 Å². The van der Waals surface area contributed by atoms with Crippen LogP contribution in [0.2, 0.25) is 0 Å². The van der Waals surface area contributed by atoms with Gasteiger partial charge in [-0.05, 0) is 12.5 Å². The van der Waals surface area contributed by atoms with E-state index in [-0.39, 0.29) is 17.9 Å². The number of carbonyl (C=O) groups excluding carboxylic acids is 1. The van der Waals surface area contributed by atoms with Crippen LogP contribution in [-0.4, -0.2) is 11.8 Å². The zero-order valence-electron chi connectivity index (χ0n) is 10.3. The predicted octanol–water partition coefficient (Wildman–Crippen LogP) is 2.89. The van der Waals surface area contributed by atoms with Crippen LogP contribution < -0.4 is 5.32 Å². The first-order chi connectivity index (χ1) is 8.75. The summed E-state index contributed by atoms with van der Waals surface area (Å²) in [6.45, 7) is 2.02. The number of nitrogens with one attached hydrogen (secondary N) is 1. The van der Waals surface area contributed by atoms with Gasteiger partial charge >= 0.3 is 0 Å². The Labute approximate surface area is 107 Å². The van der Waals surface area contributed by atoms with E-state index in [1.54, 1.807) is 0 Å². The molecule has 1 heterocycles. The summed E-state index contributed by atoms with van der Waals surface area (Å²) in [6, 6.07) is 18.0. The van der Waals surface area contributed by atoms with Crippen LogP contribution in [0.3, 0.4) is 0 Å². The van der Waals surface area contributed by atoms with Gasteiger partial charge in [-0.3, -0.25) is 10.1 Å². The van der Waals surface area contributed by atoms with E-state index in [4.69, 9.17) is 0 Å². The van der Waals surface area contributed by atoms with E-state index >= 15 is 0 Å². The van der Waals surface area contributed by atoms with Crippen molar-refractivity contribution in [3.8, 4) is 0 Å². The highest BCUT2D eigenvalue weighted by atomic mass is 16.1. The molecule has 0 amide bonds. The Morgan fingerprint density at radius 1 is 1.00 bits per heavy atom. The van der Waals surface area contributed by atoms with Crippen molar-refractivity contribution in [3.05, 3.63) is 71.3 Å². The lowest BCUT2D eigenvalue weighted by Crippen LogP contribution is -2.10. The second kappa shape index (κ2) is 4.39. The molecule has 0 aliphatic carbocycles. The molecule has 1 aliphatic heterocycles. The van der Waals surface area contributed by atoms with Gasteiger partial charge in [0.15, 0.2) is 5.78 Å². The molecule has 0 aromatic heterocycles. The summed E-state index contributed by atoms with van der Waals surface area (Å²) in [5, 5.41) is 3.25. The monoisotopic (exact) mass is 237 g/mol. The van der Waals surface area contributed by atoms with Gasteiger partial charge in [0.1, 0.15) is 0 Å². The first-order valence-corrected chi connectivity index (χ1v) is 6.17. The molecular weight excluding hydrogens is 222 g/mol. The minimum Gasteiger partial charge on any atom is -0.297 e. The van der Waals surface area contributed by atoms with Crippen LogP contribution in [0.4, 0.5) is 0 Å². The highest BCUT2D eigenvalue weighted by molar-refractivity contribution is 6.02. The van der Waals surface area contributed by atoms with Crippen molar-refractivity contribution < 1.29 is 4.79 Å². The summed E-state index contributed by atoms with van der Waals surface area (Å²) in [4.78, 5) is 12.2. The SMILES string of the molecule is Cc1ccc(C(=O)[C@@H]2N[C@H]2c2ccccc2)cc1. The number of Topliss-reactive ketones (excluding diaryl/α,β-unsaturated/α-hetero) is 1. The third-order valence-electron chi connectivity index (χ3n) is 3.36. The zero-order chi connectivity index (χ0) is 12.5. The fraction of sp³-hybridized carbons (Fsp3) is 0.188. The lowest BCUT2D eigenvalue weighted by Gasteiger charge is -2.00. The summed E-state index contributed by atoms with van der Waals surface area (Å²) in [5.41, 5.74) is 3.15. The van der Waals surface area contributed by atoms with Gasteiger partial charge in [-0.2, -0.15) is 0 Å². The van der Waals surface area contributed by atoms with Crippen molar-refractivity contribution in [3.63, 3.8) is 0 Å². The second-order valence-corrected chi connectivity index (χ2v) is 4.76. The Morgan fingerprint density at radius 3 is 2.33 bits per heavy atom. The average Bonchev–Trinajstić information content (AvgIpc) is 3.20. The molecule has 0 saturated carbocycles. The van der Waals surface area contributed by atoms with Gasteiger partial charge in [0.25, 0.3) is 0 Å². The summed E-state index contributed by atoms with van der Waals surface area (Å²) < 4.78 is 0. The number of rotatable bonds is 3. The Balaban J connectivity index is 1.75. The van der Waals surface area contributed by atoms with Crippen LogP contribution in [0.1, 0.15) is 27.5 Å². The molecule has 0 bridgehead atoms. The van der Waals surface area contributed by atoms with Crippen LogP contribution >= 0.6 is 0 Å². The molecule has 1 fully saturated rings. The van der Waals surface area contributed by atoms with E-state index in [0.29, 0.717) is 0 Å². The number of benzene rings is 2. The average molecular weight is 237 g/mol. The highest BCUT2D eigenvalue weighted by Crippen LogP contribution is 2.31. The molecular formula is C16H15NO.